The van der Waals surface area contributed by atoms with Crippen LogP contribution in [-0.2, 0) is 16.1 Å². The number of aromatic nitrogens is 4. The molecule has 1 aliphatic heterocycles. The van der Waals surface area contributed by atoms with Gasteiger partial charge < -0.3 is 4.74 Å². The number of morpholine rings is 1. The molecule has 4 rings (SSSR count). The third kappa shape index (κ3) is 4.75. The average molecular weight is 465 g/mol. The summed E-state index contributed by atoms with van der Waals surface area (Å²) in [7, 11) is 0. The molecule has 0 saturated carbocycles. The first kappa shape index (κ1) is 19.4. The van der Waals surface area contributed by atoms with E-state index < -0.39 is 0 Å². The second kappa shape index (κ2) is 9.08. The Morgan fingerprint density at radius 1 is 1.32 bits per heavy atom. The molecule has 0 aliphatic carbocycles. The van der Waals surface area contributed by atoms with Crippen LogP contribution in [0.1, 0.15) is 6.42 Å². The van der Waals surface area contributed by atoms with Crippen molar-refractivity contribution in [3.63, 3.8) is 0 Å². The van der Waals surface area contributed by atoms with E-state index in [2.05, 4.69) is 30.9 Å². The SMILES string of the molecule is O=C(Cn1cncn1)N(CCCN1CCOCC1)c1nc2ccc(Br)cc2s1. The van der Waals surface area contributed by atoms with Gasteiger partial charge in [-0.15, -0.1) is 0 Å². The molecule has 0 atom stereocenters. The lowest BCUT2D eigenvalue weighted by molar-refractivity contribution is -0.119. The van der Waals surface area contributed by atoms with Crippen molar-refractivity contribution in [3.8, 4) is 0 Å². The number of carbonyl (C=O) groups is 1. The summed E-state index contributed by atoms with van der Waals surface area (Å²) >= 11 is 5.03. The molecule has 10 heteroatoms. The Kier molecular flexibility index (Phi) is 6.30. The van der Waals surface area contributed by atoms with E-state index in [1.165, 1.54) is 17.7 Å². The van der Waals surface area contributed by atoms with Gasteiger partial charge in [0.15, 0.2) is 5.13 Å². The summed E-state index contributed by atoms with van der Waals surface area (Å²) in [5.41, 5.74) is 0.898. The molecule has 2 aromatic heterocycles. The van der Waals surface area contributed by atoms with Crippen molar-refractivity contribution in [3.05, 3.63) is 35.3 Å². The summed E-state index contributed by atoms with van der Waals surface area (Å²) in [4.78, 5) is 25.8. The maximum atomic E-state index is 13.0. The molecule has 3 aromatic rings. The normalized spacial score (nSPS) is 15.2. The van der Waals surface area contributed by atoms with Crippen LogP contribution in [0.5, 0.6) is 0 Å². The molecule has 0 bridgehead atoms. The van der Waals surface area contributed by atoms with Gasteiger partial charge in [0, 0.05) is 30.7 Å². The van der Waals surface area contributed by atoms with Crippen molar-refractivity contribution < 1.29 is 9.53 Å². The van der Waals surface area contributed by atoms with Gasteiger partial charge in [-0.25, -0.2) is 14.6 Å². The molecule has 1 fully saturated rings. The van der Waals surface area contributed by atoms with Gasteiger partial charge in [0.25, 0.3) is 5.91 Å². The molecule has 148 valence electrons. The zero-order valence-electron chi connectivity index (χ0n) is 15.3. The third-order valence-corrected chi connectivity index (χ3v) is 6.13. The number of halogens is 1. The maximum Gasteiger partial charge on any atom is 0.250 e. The van der Waals surface area contributed by atoms with Crippen LogP contribution in [0.2, 0.25) is 0 Å². The monoisotopic (exact) mass is 464 g/mol. The highest BCUT2D eigenvalue weighted by Crippen LogP contribution is 2.31. The zero-order valence-corrected chi connectivity index (χ0v) is 17.7. The van der Waals surface area contributed by atoms with Crippen LogP contribution < -0.4 is 4.90 Å². The minimum atomic E-state index is -0.0365. The molecule has 1 amide bonds. The summed E-state index contributed by atoms with van der Waals surface area (Å²) in [5, 5.41) is 4.78. The molecule has 0 unspecified atom stereocenters. The largest absolute Gasteiger partial charge is 0.379 e. The van der Waals surface area contributed by atoms with E-state index in [-0.39, 0.29) is 12.5 Å². The van der Waals surface area contributed by atoms with Gasteiger partial charge >= 0.3 is 0 Å². The van der Waals surface area contributed by atoms with E-state index in [1.54, 1.807) is 15.9 Å². The number of anilines is 1. The molecular weight excluding hydrogens is 444 g/mol. The Morgan fingerprint density at radius 2 is 2.18 bits per heavy atom. The quantitative estimate of drug-likeness (QED) is 0.534. The zero-order chi connectivity index (χ0) is 19.3. The van der Waals surface area contributed by atoms with E-state index >= 15 is 0 Å². The van der Waals surface area contributed by atoms with Gasteiger partial charge in [-0.2, -0.15) is 5.10 Å². The van der Waals surface area contributed by atoms with Crippen molar-refractivity contribution >= 4 is 48.5 Å². The average Bonchev–Trinajstić information content (AvgIpc) is 3.35. The minimum Gasteiger partial charge on any atom is -0.379 e. The lowest BCUT2D eigenvalue weighted by atomic mass is 10.3. The summed E-state index contributed by atoms with van der Waals surface area (Å²) in [6.45, 7) is 5.16. The highest BCUT2D eigenvalue weighted by Gasteiger charge is 2.21. The second-order valence-electron chi connectivity index (χ2n) is 6.55. The van der Waals surface area contributed by atoms with Gasteiger partial charge in [0.2, 0.25) is 0 Å². The van der Waals surface area contributed by atoms with Crippen molar-refractivity contribution in [2.45, 2.75) is 13.0 Å². The Morgan fingerprint density at radius 3 is 2.96 bits per heavy atom. The predicted octanol–water partition coefficient (Wildman–Crippen LogP) is 2.41. The van der Waals surface area contributed by atoms with E-state index in [4.69, 9.17) is 9.72 Å². The smallest absolute Gasteiger partial charge is 0.250 e. The van der Waals surface area contributed by atoms with Crippen molar-refractivity contribution in [2.24, 2.45) is 0 Å². The molecule has 0 N–H and O–H groups in total. The Hall–Kier alpha value is -1.88. The lowest BCUT2D eigenvalue weighted by Crippen LogP contribution is -2.40. The van der Waals surface area contributed by atoms with Gasteiger partial charge in [-0.3, -0.25) is 14.6 Å². The number of ether oxygens (including phenoxy) is 1. The van der Waals surface area contributed by atoms with Gasteiger partial charge in [-0.1, -0.05) is 27.3 Å². The molecule has 0 radical (unpaired) electrons. The van der Waals surface area contributed by atoms with Gasteiger partial charge in [0.05, 0.1) is 23.4 Å². The van der Waals surface area contributed by atoms with E-state index in [9.17, 15) is 4.79 Å². The number of benzene rings is 1. The molecule has 1 aliphatic rings. The number of rotatable bonds is 7. The van der Waals surface area contributed by atoms with Crippen LogP contribution >= 0.6 is 27.3 Å². The second-order valence-corrected chi connectivity index (χ2v) is 8.48. The summed E-state index contributed by atoms with van der Waals surface area (Å²) in [5.74, 6) is -0.0365. The number of hydrogen-bond donors (Lipinski definition) is 0. The summed E-state index contributed by atoms with van der Waals surface area (Å²) in [6, 6.07) is 5.96. The van der Waals surface area contributed by atoms with Gasteiger partial charge in [0.1, 0.15) is 19.2 Å². The van der Waals surface area contributed by atoms with E-state index in [0.29, 0.717) is 6.54 Å². The number of fused-ring (bicyclic) bond motifs is 1. The van der Waals surface area contributed by atoms with Crippen molar-refractivity contribution in [1.29, 1.82) is 0 Å². The molecule has 3 heterocycles. The number of thiazole rings is 1. The Labute approximate surface area is 175 Å². The molecule has 1 aromatic carbocycles. The highest BCUT2D eigenvalue weighted by atomic mass is 79.9. The molecule has 8 nitrogen and oxygen atoms in total. The number of hydrogen-bond acceptors (Lipinski definition) is 7. The van der Waals surface area contributed by atoms with Crippen LogP contribution in [0.4, 0.5) is 5.13 Å². The number of nitrogens with zero attached hydrogens (tertiary/aromatic N) is 6. The van der Waals surface area contributed by atoms with Crippen molar-refractivity contribution in [1.82, 2.24) is 24.6 Å². The summed E-state index contributed by atoms with van der Waals surface area (Å²) in [6.07, 6.45) is 3.87. The molecular formula is C18H21BrN6O2S. The highest BCUT2D eigenvalue weighted by molar-refractivity contribution is 9.10. The predicted molar refractivity (Wildman–Crippen MR) is 112 cm³/mol. The van der Waals surface area contributed by atoms with E-state index in [0.717, 1.165) is 59.1 Å². The topological polar surface area (TPSA) is 76.4 Å². The Balaban J connectivity index is 1.50. The molecule has 28 heavy (non-hydrogen) atoms. The first-order chi connectivity index (χ1) is 13.7. The van der Waals surface area contributed by atoms with E-state index in [1.807, 2.05) is 18.2 Å². The van der Waals surface area contributed by atoms with Crippen LogP contribution in [0.3, 0.4) is 0 Å². The fraction of sp³-hybridized carbons (Fsp3) is 0.444. The minimum absolute atomic E-state index is 0.0365. The first-order valence-electron chi connectivity index (χ1n) is 9.18. The first-order valence-corrected chi connectivity index (χ1v) is 10.8. The maximum absolute atomic E-state index is 13.0. The third-order valence-electron chi connectivity index (χ3n) is 4.59. The molecule has 1 saturated heterocycles. The van der Waals surface area contributed by atoms with Gasteiger partial charge in [-0.05, 0) is 24.6 Å². The molecule has 0 spiro atoms. The Bertz CT molecular complexity index is 925. The van der Waals surface area contributed by atoms with Crippen molar-refractivity contribution in [2.75, 3.05) is 44.3 Å². The van der Waals surface area contributed by atoms with Crippen LogP contribution in [0.25, 0.3) is 10.2 Å². The standard InChI is InChI=1S/C18H21BrN6O2S/c19-14-2-3-15-16(10-14)28-18(22-15)25(17(26)11-24-13-20-12-21-24)5-1-4-23-6-8-27-9-7-23/h2-3,10,12-13H,1,4-9,11H2. The lowest BCUT2D eigenvalue weighted by Gasteiger charge is -2.27. The number of carbonyl (C=O) groups excluding carboxylic acids is 1. The van der Waals surface area contributed by atoms with Crippen LogP contribution in [0, 0.1) is 0 Å². The fourth-order valence-corrected chi connectivity index (χ4v) is 4.71. The summed E-state index contributed by atoms with van der Waals surface area (Å²) < 4.78 is 9.00. The number of amides is 1. The fourth-order valence-electron chi connectivity index (χ4n) is 3.14. The van der Waals surface area contributed by atoms with Crippen LogP contribution in [0.15, 0.2) is 35.3 Å². The van der Waals surface area contributed by atoms with Crippen LogP contribution in [-0.4, -0.2) is 69.9 Å².